The molecule has 0 aliphatic rings. The first-order chi connectivity index (χ1) is 12.3. The smallest absolute Gasteiger partial charge is 0.356 e. The molecule has 0 aliphatic heterocycles. The van der Waals surface area contributed by atoms with Crippen molar-refractivity contribution in [1.82, 2.24) is 15.1 Å². The van der Waals surface area contributed by atoms with Gasteiger partial charge in [0.1, 0.15) is 11.4 Å². The predicted octanol–water partition coefficient (Wildman–Crippen LogP) is 2.13. The lowest BCUT2D eigenvalue weighted by Gasteiger charge is -2.19. The molecule has 26 heavy (non-hydrogen) atoms. The van der Waals surface area contributed by atoms with Crippen molar-refractivity contribution in [2.75, 3.05) is 13.2 Å². The average molecular weight is 426 g/mol. The van der Waals surface area contributed by atoms with Gasteiger partial charge in [0.05, 0.1) is 12.6 Å². The second kappa shape index (κ2) is 8.81. The van der Waals surface area contributed by atoms with E-state index in [1.54, 1.807) is 13.0 Å². The van der Waals surface area contributed by atoms with Crippen LogP contribution in [0.2, 0.25) is 0 Å². The van der Waals surface area contributed by atoms with Crippen LogP contribution in [-0.2, 0) is 7.05 Å². The minimum absolute atomic E-state index is 0.0298. The Morgan fingerprint density at radius 2 is 2.12 bits per heavy atom. The Bertz CT molecular complexity index is 806. The first kappa shape index (κ1) is 19.9. The quantitative estimate of drug-likeness (QED) is 0.558. The zero-order valence-corrected chi connectivity index (χ0v) is 16.0. The number of carboxylic acid groups (broad SMARTS) is 1. The van der Waals surface area contributed by atoms with Crippen molar-refractivity contribution in [3.8, 4) is 5.75 Å². The molecule has 140 valence electrons. The molecule has 9 heteroatoms. The molecule has 8 nitrogen and oxygen atoms in total. The summed E-state index contributed by atoms with van der Waals surface area (Å²) in [4.78, 5) is 23.5. The van der Waals surface area contributed by atoms with Crippen LogP contribution in [0.5, 0.6) is 5.75 Å². The summed E-state index contributed by atoms with van der Waals surface area (Å²) >= 11 is 3.38. The molecule has 1 aromatic carbocycles. The molecule has 1 heterocycles. The number of nitrogens with zero attached hydrogens (tertiary/aromatic N) is 2. The van der Waals surface area contributed by atoms with E-state index in [0.717, 1.165) is 10.0 Å². The Morgan fingerprint density at radius 1 is 1.38 bits per heavy atom. The first-order valence-corrected chi connectivity index (χ1v) is 8.74. The van der Waals surface area contributed by atoms with Crippen molar-refractivity contribution in [1.29, 1.82) is 0 Å². The van der Waals surface area contributed by atoms with E-state index in [4.69, 9.17) is 14.9 Å². The van der Waals surface area contributed by atoms with Gasteiger partial charge in [0.2, 0.25) is 0 Å². The van der Waals surface area contributed by atoms with E-state index in [1.807, 2.05) is 12.1 Å². The molecule has 0 fully saturated rings. The fourth-order valence-corrected chi connectivity index (χ4v) is 2.71. The van der Waals surface area contributed by atoms with Gasteiger partial charge in [-0.3, -0.25) is 9.48 Å². The topological polar surface area (TPSA) is 114 Å². The SMILES string of the molecule is CC(NC(=O)c1cc(C(=O)O)nn1C)c1ccc(Br)cc1OCCCO. The maximum Gasteiger partial charge on any atom is 0.356 e. The van der Waals surface area contributed by atoms with Crippen LogP contribution in [-0.4, -0.2) is 45.1 Å². The molecule has 0 radical (unpaired) electrons. The highest BCUT2D eigenvalue weighted by Gasteiger charge is 2.20. The molecule has 2 rings (SSSR count). The third-order valence-corrected chi connectivity index (χ3v) is 4.17. The molecule has 1 atom stereocenters. The highest BCUT2D eigenvalue weighted by Crippen LogP contribution is 2.29. The summed E-state index contributed by atoms with van der Waals surface area (Å²) in [7, 11) is 1.51. The van der Waals surface area contributed by atoms with Gasteiger partial charge in [-0.25, -0.2) is 4.79 Å². The number of rotatable bonds is 8. The second-order valence-electron chi connectivity index (χ2n) is 5.65. The van der Waals surface area contributed by atoms with E-state index < -0.39 is 11.9 Å². The third kappa shape index (κ3) is 4.83. The molecule has 0 aliphatic carbocycles. The Balaban J connectivity index is 2.17. The maximum absolute atomic E-state index is 12.5. The van der Waals surface area contributed by atoms with Crippen LogP contribution in [0.3, 0.4) is 0 Å². The number of halogens is 1. The number of aliphatic hydroxyl groups excluding tert-OH is 1. The number of carboxylic acids is 1. The maximum atomic E-state index is 12.5. The summed E-state index contributed by atoms with van der Waals surface area (Å²) < 4.78 is 7.75. The number of hydrogen-bond acceptors (Lipinski definition) is 5. The molecule has 0 spiro atoms. The highest BCUT2D eigenvalue weighted by atomic mass is 79.9. The molecule has 0 bridgehead atoms. The Labute approximate surface area is 158 Å². The molecule has 2 aromatic rings. The lowest BCUT2D eigenvalue weighted by atomic mass is 10.1. The van der Waals surface area contributed by atoms with Crippen molar-refractivity contribution in [3.05, 3.63) is 45.7 Å². The number of ether oxygens (including phenoxy) is 1. The van der Waals surface area contributed by atoms with Gasteiger partial charge in [0, 0.05) is 36.2 Å². The van der Waals surface area contributed by atoms with Gasteiger partial charge in [0.15, 0.2) is 5.69 Å². The Hall–Kier alpha value is -2.39. The summed E-state index contributed by atoms with van der Waals surface area (Å²) in [6.07, 6.45) is 0.500. The standard InChI is InChI=1S/C17H20BrN3O5/c1-10(12-5-4-11(18)8-15(12)26-7-3-6-22)19-16(23)14-9-13(17(24)25)20-21(14)2/h4-5,8-10,22H,3,6-7H2,1-2H3,(H,19,23)(H,24,25). The summed E-state index contributed by atoms with van der Waals surface area (Å²) in [5, 5.41) is 24.5. The van der Waals surface area contributed by atoms with Crippen molar-refractivity contribution in [3.63, 3.8) is 0 Å². The van der Waals surface area contributed by atoms with Crippen LogP contribution in [0.4, 0.5) is 0 Å². The van der Waals surface area contributed by atoms with Gasteiger partial charge in [-0.05, 0) is 19.1 Å². The summed E-state index contributed by atoms with van der Waals surface area (Å²) in [5.74, 6) is -1.04. The number of aromatic carboxylic acids is 1. The number of amides is 1. The Morgan fingerprint density at radius 3 is 2.73 bits per heavy atom. The van der Waals surface area contributed by atoms with Gasteiger partial charge in [-0.15, -0.1) is 0 Å². The number of carbonyl (C=O) groups excluding carboxylic acids is 1. The second-order valence-corrected chi connectivity index (χ2v) is 6.56. The summed E-state index contributed by atoms with van der Waals surface area (Å²) in [5.41, 5.74) is 0.719. The molecule has 1 amide bonds. The minimum atomic E-state index is -1.19. The number of nitrogens with one attached hydrogen (secondary N) is 1. The predicted molar refractivity (Wildman–Crippen MR) is 97.4 cm³/mol. The van der Waals surface area contributed by atoms with Gasteiger partial charge < -0.3 is 20.3 Å². The largest absolute Gasteiger partial charge is 0.493 e. The molecular weight excluding hydrogens is 406 g/mol. The van der Waals surface area contributed by atoms with Gasteiger partial charge in [0.25, 0.3) is 5.91 Å². The number of aryl methyl sites for hydroxylation is 1. The van der Waals surface area contributed by atoms with E-state index in [0.29, 0.717) is 18.8 Å². The van der Waals surface area contributed by atoms with Crippen LogP contribution in [0.25, 0.3) is 0 Å². The van der Waals surface area contributed by atoms with E-state index in [-0.39, 0.29) is 24.0 Å². The fourth-order valence-electron chi connectivity index (χ4n) is 2.37. The minimum Gasteiger partial charge on any atom is -0.493 e. The van der Waals surface area contributed by atoms with Crippen LogP contribution >= 0.6 is 15.9 Å². The molecule has 1 unspecified atom stereocenters. The lowest BCUT2D eigenvalue weighted by molar-refractivity contribution is 0.0689. The number of carbonyl (C=O) groups is 2. The molecule has 1 aromatic heterocycles. The molecular formula is C17H20BrN3O5. The van der Waals surface area contributed by atoms with E-state index in [1.165, 1.54) is 17.8 Å². The normalized spacial score (nSPS) is 11.8. The van der Waals surface area contributed by atoms with Crippen molar-refractivity contribution in [2.45, 2.75) is 19.4 Å². The molecule has 3 N–H and O–H groups in total. The number of aliphatic hydroxyl groups is 1. The lowest BCUT2D eigenvalue weighted by Crippen LogP contribution is -2.28. The van der Waals surface area contributed by atoms with E-state index >= 15 is 0 Å². The Kier molecular flexibility index (Phi) is 6.76. The number of hydrogen-bond donors (Lipinski definition) is 3. The molecule has 0 saturated heterocycles. The zero-order valence-electron chi connectivity index (χ0n) is 14.4. The fraction of sp³-hybridized carbons (Fsp3) is 0.353. The molecule has 0 saturated carbocycles. The third-order valence-electron chi connectivity index (χ3n) is 3.68. The highest BCUT2D eigenvalue weighted by molar-refractivity contribution is 9.10. The zero-order chi connectivity index (χ0) is 19.3. The van der Waals surface area contributed by atoms with Gasteiger partial charge in [-0.1, -0.05) is 22.0 Å². The van der Waals surface area contributed by atoms with Crippen LogP contribution < -0.4 is 10.1 Å². The van der Waals surface area contributed by atoms with Crippen LogP contribution in [0, 0.1) is 0 Å². The average Bonchev–Trinajstić information content (AvgIpc) is 2.97. The van der Waals surface area contributed by atoms with Crippen molar-refractivity contribution in [2.24, 2.45) is 7.05 Å². The van der Waals surface area contributed by atoms with Gasteiger partial charge in [-0.2, -0.15) is 5.10 Å². The monoisotopic (exact) mass is 425 g/mol. The first-order valence-electron chi connectivity index (χ1n) is 7.94. The van der Waals surface area contributed by atoms with Crippen molar-refractivity contribution >= 4 is 27.8 Å². The summed E-state index contributed by atoms with van der Waals surface area (Å²) in [6, 6.07) is 6.30. The summed E-state index contributed by atoms with van der Waals surface area (Å²) in [6.45, 7) is 2.18. The van der Waals surface area contributed by atoms with E-state index in [9.17, 15) is 9.59 Å². The van der Waals surface area contributed by atoms with Crippen LogP contribution in [0.1, 0.15) is 45.9 Å². The number of aromatic nitrogens is 2. The van der Waals surface area contributed by atoms with Gasteiger partial charge >= 0.3 is 5.97 Å². The van der Waals surface area contributed by atoms with Crippen molar-refractivity contribution < 1.29 is 24.5 Å². The van der Waals surface area contributed by atoms with Crippen LogP contribution in [0.15, 0.2) is 28.7 Å². The van der Waals surface area contributed by atoms with E-state index in [2.05, 4.69) is 26.3 Å². The number of benzene rings is 1.